The minimum Gasteiger partial charge on any atom is -0.481 e. The molecule has 0 amide bonds. The number of hydrogen-bond acceptors (Lipinski definition) is 3. The number of aliphatic carboxylic acids is 1. The predicted octanol–water partition coefficient (Wildman–Crippen LogP) is 2.08. The Bertz CT molecular complexity index is 412. The molecule has 0 saturated carbocycles. The lowest BCUT2D eigenvalue weighted by Gasteiger charge is -2.31. The molecule has 98 valence electrons. The summed E-state index contributed by atoms with van der Waals surface area (Å²) in [6.45, 7) is 5.02. The summed E-state index contributed by atoms with van der Waals surface area (Å²) in [6.07, 6.45) is 6.05. The minimum atomic E-state index is -0.670. The number of rotatable bonds is 4. The molecule has 2 heterocycles. The summed E-state index contributed by atoms with van der Waals surface area (Å²) in [5.41, 5.74) is 2.55. The van der Waals surface area contributed by atoms with Crippen LogP contribution in [0.1, 0.15) is 30.4 Å². The highest BCUT2D eigenvalue weighted by molar-refractivity contribution is 5.67. The molecule has 18 heavy (non-hydrogen) atoms. The van der Waals surface area contributed by atoms with Crippen molar-refractivity contribution in [2.75, 3.05) is 13.1 Å². The second-order valence-electron chi connectivity index (χ2n) is 5.12. The Morgan fingerprint density at radius 3 is 2.83 bits per heavy atom. The molecule has 4 heteroatoms. The van der Waals surface area contributed by atoms with Gasteiger partial charge in [-0.1, -0.05) is 0 Å². The van der Waals surface area contributed by atoms with Crippen molar-refractivity contribution in [3.8, 4) is 0 Å². The number of piperidine rings is 1. The van der Waals surface area contributed by atoms with Crippen LogP contribution in [0.3, 0.4) is 0 Å². The molecular weight excluding hydrogens is 228 g/mol. The zero-order valence-corrected chi connectivity index (χ0v) is 10.8. The van der Waals surface area contributed by atoms with Gasteiger partial charge in [0.1, 0.15) is 0 Å². The Balaban J connectivity index is 1.84. The lowest BCUT2D eigenvalue weighted by Crippen LogP contribution is -2.34. The van der Waals surface area contributed by atoms with Crippen molar-refractivity contribution in [1.29, 1.82) is 0 Å². The van der Waals surface area contributed by atoms with Gasteiger partial charge in [-0.2, -0.15) is 0 Å². The number of aryl methyl sites for hydroxylation is 1. The van der Waals surface area contributed by atoms with E-state index >= 15 is 0 Å². The number of likely N-dealkylation sites (tertiary alicyclic amines) is 1. The summed E-state index contributed by atoms with van der Waals surface area (Å²) in [7, 11) is 0. The number of carbonyl (C=O) groups is 1. The first-order chi connectivity index (χ1) is 8.65. The number of carboxylic acids is 1. The number of carboxylic acid groups (broad SMARTS) is 1. The third-order valence-corrected chi connectivity index (χ3v) is 3.71. The van der Waals surface area contributed by atoms with Crippen molar-refractivity contribution >= 4 is 5.97 Å². The average molecular weight is 248 g/mol. The second kappa shape index (κ2) is 5.96. The first kappa shape index (κ1) is 13.0. The van der Waals surface area contributed by atoms with Gasteiger partial charge in [-0.15, -0.1) is 0 Å². The van der Waals surface area contributed by atoms with Gasteiger partial charge in [0.15, 0.2) is 0 Å². The highest BCUT2D eigenvalue weighted by Crippen LogP contribution is 2.22. The van der Waals surface area contributed by atoms with E-state index < -0.39 is 5.97 Å². The Morgan fingerprint density at radius 2 is 2.22 bits per heavy atom. The maximum Gasteiger partial charge on any atom is 0.303 e. The topological polar surface area (TPSA) is 53.4 Å². The van der Waals surface area contributed by atoms with Crippen molar-refractivity contribution in [2.24, 2.45) is 5.92 Å². The molecule has 0 aromatic carbocycles. The van der Waals surface area contributed by atoms with E-state index in [4.69, 9.17) is 5.11 Å². The molecule has 1 N–H and O–H groups in total. The van der Waals surface area contributed by atoms with E-state index in [1.54, 1.807) is 0 Å². The molecular formula is C14H20N2O2. The molecule has 4 nitrogen and oxygen atoms in total. The maximum absolute atomic E-state index is 10.7. The van der Waals surface area contributed by atoms with E-state index in [1.165, 1.54) is 11.1 Å². The molecule has 1 aromatic rings. The third kappa shape index (κ3) is 3.53. The molecule has 0 bridgehead atoms. The van der Waals surface area contributed by atoms with E-state index in [9.17, 15) is 4.79 Å². The minimum absolute atomic E-state index is 0.319. The van der Waals surface area contributed by atoms with Gasteiger partial charge in [0.25, 0.3) is 0 Å². The zero-order chi connectivity index (χ0) is 13.0. The van der Waals surface area contributed by atoms with Gasteiger partial charge >= 0.3 is 5.97 Å². The molecule has 0 radical (unpaired) electrons. The molecule has 1 aliphatic heterocycles. The van der Waals surface area contributed by atoms with Crippen LogP contribution >= 0.6 is 0 Å². The van der Waals surface area contributed by atoms with Crippen molar-refractivity contribution in [3.05, 3.63) is 29.6 Å². The standard InChI is InChI=1S/C14H20N2O2/c1-11-2-5-15-9-13(11)10-16-6-3-12(4-7-16)8-14(17)18/h2,5,9,12H,3-4,6-8,10H2,1H3,(H,17,18). The van der Waals surface area contributed by atoms with Crippen LogP contribution in [0.4, 0.5) is 0 Å². The number of hydrogen-bond donors (Lipinski definition) is 1. The van der Waals surface area contributed by atoms with Crippen LogP contribution in [0.5, 0.6) is 0 Å². The molecule has 0 atom stereocenters. The van der Waals surface area contributed by atoms with Crippen LogP contribution in [0.25, 0.3) is 0 Å². The van der Waals surface area contributed by atoms with Gasteiger partial charge in [-0.25, -0.2) is 0 Å². The van der Waals surface area contributed by atoms with Crippen LogP contribution < -0.4 is 0 Å². The van der Waals surface area contributed by atoms with Crippen LogP contribution in [0.15, 0.2) is 18.5 Å². The van der Waals surface area contributed by atoms with Gasteiger partial charge in [-0.3, -0.25) is 14.7 Å². The second-order valence-corrected chi connectivity index (χ2v) is 5.12. The first-order valence-electron chi connectivity index (χ1n) is 6.49. The predicted molar refractivity (Wildman–Crippen MR) is 69.2 cm³/mol. The van der Waals surface area contributed by atoms with Crippen LogP contribution in [0.2, 0.25) is 0 Å². The fraction of sp³-hybridized carbons (Fsp3) is 0.571. The normalized spacial score (nSPS) is 17.8. The van der Waals surface area contributed by atoms with Crippen LogP contribution in [0, 0.1) is 12.8 Å². The molecule has 0 spiro atoms. The van der Waals surface area contributed by atoms with E-state index in [0.717, 1.165) is 32.5 Å². The van der Waals surface area contributed by atoms with E-state index in [0.29, 0.717) is 12.3 Å². The summed E-state index contributed by atoms with van der Waals surface area (Å²) in [5.74, 6) is -0.315. The highest BCUT2D eigenvalue weighted by atomic mass is 16.4. The largest absolute Gasteiger partial charge is 0.481 e. The van der Waals surface area contributed by atoms with Crippen molar-refractivity contribution in [2.45, 2.75) is 32.7 Å². The van der Waals surface area contributed by atoms with E-state index in [1.807, 2.05) is 18.5 Å². The monoisotopic (exact) mass is 248 g/mol. The summed E-state index contributed by atoms with van der Waals surface area (Å²) < 4.78 is 0. The molecule has 1 aliphatic rings. The molecule has 0 unspecified atom stereocenters. The highest BCUT2D eigenvalue weighted by Gasteiger charge is 2.21. The maximum atomic E-state index is 10.7. The van der Waals surface area contributed by atoms with Gasteiger partial charge in [-0.05, 0) is 56.0 Å². The Morgan fingerprint density at radius 1 is 1.50 bits per heavy atom. The molecule has 1 aromatic heterocycles. The SMILES string of the molecule is Cc1ccncc1CN1CCC(CC(=O)O)CC1. The molecule has 2 rings (SSSR count). The quantitative estimate of drug-likeness (QED) is 0.886. The van der Waals surface area contributed by atoms with Gasteiger partial charge in [0.2, 0.25) is 0 Å². The lowest BCUT2D eigenvalue weighted by atomic mass is 9.93. The molecule has 0 aliphatic carbocycles. The van der Waals surface area contributed by atoms with Crippen LogP contribution in [-0.4, -0.2) is 34.0 Å². The summed E-state index contributed by atoms with van der Waals surface area (Å²) >= 11 is 0. The van der Waals surface area contributed by atoms with Crippen molar-refractivity contribution in [1.82, 2.24) is 9.88 Å². The Labute approximate surface area is 108 Å². The van der Waals surface area contributed by atoms with Gasteiger partial charge in [0, 0.05) is 25.4 Å². The summed E-state index contributed by atoms with van der Waals surface area (Å²) in [4.78, 5) is 17.2. The number of aromatic nitrogens is 1. The Hall–Kier alpha value is -1.42. The number of pyridine rings is 1. The van der Waals surface area contributed by atoms with E-state index in [-0.39, 0.29) is 0 Å². The van der Waals surface area contributed by atoms with Crippen LogP contribution in [-0.2, 0) is 11.3 Å². The molecule has 1 fully saturated rings. The molecule has 1 saturated heterocycles. The van der Waals surface area contributed by atoms with Crippen molar-refractivity contribution in [3.63, 3.8) is 0 Å². The third-order valence-electron chi connectivity index (χ3n) is 3.71. The van der Waals surface area contributed by atoms with E-state index in [2.05, 4.69) is 16.8 Å². The fourth-order valence-corrected chi connectivity index (χ4v) is 2.50. The average Bonchev–Trinajstić information content (AvgIpc) is 2.34. The summed E-state index contributed by atoms with van der Waals surface area (Å²) in [5, 5.41) is 8.78. The lowest BCUT2D eigenvalue weighted by molar-refractivity contribution is -0.138. The zero-order valence-electron chi connectivity index (χ0n) is 10.8. The smallest absolute Gasteiger partial charge is 0.303 e. The number of nitrogens with zero attached hydrogens (tertiary/aromatic N) is 2. The summed E-state index contributed by atoms with van der Waals surface area (Å²) in [6, 6.07) is 2.03. The first-order valence-corrected chi connectivity index (χ1v) is 6.49. The Kier molecular flexibility index (Phi) is 4.31. The van der Waals surface area contributed by atoms with Gasteiger partial charge < -0.3 is 5.11 Å². The fourth-order valence-electron chi connectivity index (χ4n) is 2.50. The van der Waals surface area contributed by atoms with Gasteiger partial charge in [0.05, 0.1) is 0 Å². The van der Waals surface area contributed by atoms with Crippen molar-refractivity contribution < 1.29 is 9.90 Å².